The van der Waals surface area contributed by atoms with E-state index in [1.54, 1.807) is 6.20 Å². The zero-order valence-corrected chi connectivity index (χ0v) is 19.9. The highest BCUT2D eigenvalue weighted by molar-refractivity contribution is 7.97. The molecular formula is C24H27Cl2N3OS. The molecule has 2 heterocycles. The Labute approximate surface area is 197 Å². The number of nitrogens with one attached hydrogen (secondary N) is 2. The van der Waals surface area contributed by atoms with Gasteiger partial charge in [0.2, 0.25) is 5.91 Å². The van der Waals surface area contributed by atoms with Crippen LogP contribution >= 0.6 is 35.1 Å². The molecule has 1 aliphatic heterocycles. The Morgan fingerprint density at radius 3 is 2.71 bits per heavy atom. The normalized spacial score (nSPS) is 16.0. The predicted molar refractivity (Wildman–Crippen MR) is 131 cm³/mol. The molecule has 2 N–H and O–H groups in total. The van der Waals surface area contributed by atoms with Crippen LogP contribution in [-0.2, 0) is 11.2 Å². The molecule has 1 unspecified atom stereocenters. The first kappa shape index (κ1) is 22.5. The number of amides is 1. The number of benzene rings is 2. The van der Waals surface area contributed by atoms with Gasteiger partial charge in [0, 0.05) is 40.1 Å². The summed E-state index contributed by atoms with van der Waals surface area (Å²) in [6.45, 7) is 3.91. The van der Waals surface area contributed by atoms with Crippen LogP contribution in [-0.4, -0.2) is 34.9 Å². The molecule has 4 rings (SSSR count). The van der Waals surface area contributed by atoms with Gasteiger partial charge in [0.15, 0.2) is 0 Å². The molecule has 1 aromatic heterocycles. The summed E-state index contributed by atoms with van der Waals surface area (Å²) in [5.41, 5.74) is 2.05. The zero-order chi connectivity index (χ0) is 21.8. The Kier molecular flexibility index (Phi) is 7.49. The largest absolute Gasteiger partial charge is 0.360 e. The van der Waals surface area contributed by atoms with Crippen molar-refractivity contribution in [3.63, 3.8) is 0 Å². The number of carbonyl (C=O) groups is 1. The Bertz CT molecular complexity index is 1050. The predicted octanol–water partition coefficient (Wildman–Crippen LogP) is 6.33. The third-order valence-corrected chi connectivity index (χ3v) is 7.61. The number of fused-ring (bicyclic) bond motifs is 1. The summed E-state index contributed by atoms with van der Waals surface area (Å²) in [4.78, 5) is 19.6. The summed E-state index contributed by atoms with van der Waals surface area (Å²) in [7, 11) is 0. The zero-order valence-electron chi connectivity index (χ0n) is 17.5. The molecule has 0 saturated carbocycles. The molecule has 0 aliphatic carbocycles. The smallest absolute Gasteiger partial charge is 0.240 e. The van der Waals surface area contributed by atoms with E-state index < -0.39 is 0 Å². The summed E-state index contributed by atoms with van der Waals surface area (Å²) < 4.78 is 3.45. The molecule has 1 saturated heterocycles. The van der Waals surface area contributed by atoms with Crippen LogP contribution in [0.3, 0.4) is 0 Å². The summed E-state index contributed by atoms with van der Waals surface area (Å²) in [6.07, 6.45) is 5.34. The summed E-state index contributed by atoms with van der Waals surface area (Å²) in [6, 6.07) is 13.6. The first-order valence-electron chi connectivity index (χ1n) is 10.7. The van der Waals surface area contributed by atoms with Gasteiger partial charge in [0.05, 0.1) is 11.1 Å². The van der Waals surface area contributed by atoms with Crippen LogP contribution in [0.1, 0.15) is 31.7 Å². The average molecular weight is 476 g/mol. The molecule has 1 aliphatic rings. The van der Waals surface area contributed by atoms with E-state index in [0.717, 1.165) is 58.7 Å². The summed E-state index contributed by atoms with van der Waals surface area (Å²) in [5, 5.41) is 2.41. The Morgan fingerprint density at radius 2 is 1.94 bits per heavy atom. The fourth-order valence-corrected chi connectivity index (χ4v) is 5.51. The number of likely N-dealkylation sites (tertiary alicyclic amines) is 1. The number of hydrogen-bond donors (Lipinski definition) is 2. The molecule has 2 aromatic carbocycles. The molecule has 3 aromatic rings. The number of rotatable bonds is 7. The molecule has 0 bridgehead atoms. The van der Waals surface area contributed by atoms with Crippen LogP contribution in [0.4, 0.5) is 0 Å². The van der Waals surface area contributed by atoms with E-state index in [1.807, 2.05) is 47.4 Å². The highest BCUT2D eigenvalue weighted by Gasteiger charge is 2.27. The second-order valence-electron chi connectivity index (χ2n) is 8.23. The van der Waals surface area contributed by atoms with E-state index in [2.05, 4.69) is 16.6 Å². The van der Waals surface area contributed by atoms with Crippen LogP contribution in [0, 0.1) is 5.92 Å². The molecule has 0 radical (unpaired) electrons. The lowest BCUT2D eigenvalue weighted by atomic mass is 9.98. The Hall–Kier alpha value is -1.66. The van der Waals surface area contributed by atoms with Gasteiger partial charge in [-0.1, -0.05) is 54.4 Å². The number of carbonyl (C=O) groups excluding carboxylic acids is 1. The highest BCUT2D eigenvalue weighted by Crippen LogP contribution is 2.32. The number of piperidine rings is 1. The second kappa shape index (κ2) is 10.3. The number of aromatic nitrogens is 1. The molecule has 164 valence electrons. The van der Waals surface area contributed by atoms with Gasteiger partial charge in [-0.2, -0.15) is 0 Å². The van der Waals surface area contributed by atoms with E-state index in [-0.39, 0.29) is 11.9 Å². The van der Waals surface area contributed by atoms with Crippen molar-refractivity contribution in [2.75, 3.05) is 13.1 Å². The molecule has 0 spiro atoms. The van der Waals surface area contributed by atoms with E-state index in [0.29, 0.717) is 17.4 Å². The first-order chi connectivity index (χ1) is 15.0. The molecule has 4 nitrogen and oxygen atoms in total. The van der Waals surface area contributed by atoms with E-state index in [1.165, 1.54) is 11.9 Å². The average Bonchev–Trinajstić information content (AvgIpc) is 3.16. The van der Waals surface area contributed by atoms with Crippen molar-refractivity contribution in [3.05, 3.63) is 64.3 Å². The van der Waals surface area contributed by atoms with Crippen LogP contribution < -0.4 is 4.72 Å². The minimum Gasteiger partial charge on any atom is -0.360 e. The van der Waals surface area contributed by atoms with Gasteiger partial charge in [-0.3, -0.25) is 4.79 Å². The van der Waals surface area contributed by atoms with Crippen LogP contribution in [0.25, 0.3) is 10.9 Å². The molecule has 31 heavy (non-hydrogen) atoms. The third-order valence-electron chi connectivity index (χ3n) is 5.98. The molecule has 7 heteroatoms. The minimum atomic E-state index is -0.303. The second-order valence-corrected chi connectivity index (χ2v) is 9.92. The maximum atomic E-state index is 13.4. The lowest BCUT2D eigenvalue weighted by molar-refractivity contribution is -0.134. The van der Waals surface area contributed by atoms with Crippen molar-refractivity contribution in [2.45, 2.75) is 43.5 Å². The SMILES string of the molecule is CC1CCN(C(=O)C(CCc2ccccc2Cl)NSc2cccc3[nH]cc(Cl)c23)CC1. The van der Waals surface area contributed by atoms with Gasteiger partial charge in [-0.25, -0.2) is 4.72 Å². The van der Waals surface area contributed by atoms with E-state index in [4.69, 9.17) is 23.2 Å². The number of H-pyrrole nitrogens is 1. The fraction of sp³-hybridized carbons (Fsp3) is 0.375. The third kappa shape index (κ3) is 5.40. The van der Waals surface area contributed by atoms with Gasteiger partial charge in [0.25, 0.3) is 0 Å². The topological polar surface area (TPSA) is 48.1 Å². The van der Waals surface area contributed by atoms with Gasteiger partial charge in [-0.15, -0.1) is 0 Å². The van der Waals surface area contributed by atoms with E-state index in [9.17, 15) is 4.79 Å². The maximum Gasteiger partial charge on any atom is 0.240 e. The van der Waals surface area contributed by atoms with Crippen LogP contribution in [0.15, 0.2) is 53.6 Å². The number of aryl methyl sites for hydroxylation is 1. The number of halogens is 2. The summed E-state index contributed by atoms with van der Waals surface area (Å²) >= 11 is 14.2. The maximum absolute atomic E-state index is 13.4. The van der Waals surface area contributed by atoms with E-state index >= 15 is 0 Å². The number of hydrogen-bond acceptors (Lipinski definition) is 3. The van der Waals surface area contributed by atoms with Crippen LogP contribution in [0.2, 0.25) is 10.0 Å². The first-order valence-corrected chi connectivity index (χ1v) is 12.3. The lowest BCUT2D eigenvalue weighted by Gasteiger charge is -2.33. The van der Waals surface area contributed by atoms with Crippen molar-refractivity contribution >= 4 is 52.0 Å². The minimum absolute atomic E-state index is 0.166. The van der Waals surface area contributed by atoms with Gasteiger partial charge in [-0.05, 0) is 67.3 Å². The standard InChI is InChI=1S/C24H27Cl2N3OS/c1-16-11-13-29(14-12-16)24(30)21(10-9-17-5-2-3-6-18(17)25)28-31-22-8-4-7-20-23(22)19(26)15-27-20/h2-8,15-16,21,27-28H,9-14H2,1H3. The number of nitrogens with zero attached hydrogens (tertiary/aromatic N) is 1. The monoisotopic (exact) mass is 475 g/mol. The fourth-order valence-electron chi connectivity index (χ4n) is 4.01. The Balaban J connectivity index is 1.50. The molecular weight excluding hydrogens is 449 g/mol. The van der Waals surface area contributed by atoms with Crippen molar-refractivity contribution in [2.24, 2.45) is 5.92 Å². The highest BCUT2D eigenvalue weighted by atomic mass is 35.5. The lowest BCUT2D eigenvalue weighted by Crippen LogP contribution is -2.47. The molecule has 1 fully saturated rings. The molecule has 1 atom stereocenters. The van der Waals surface area contributed by atoms with Crippen LogP contribution in [0.5, 0.6) is 0 Å². The van der Waals surface area contributed by atoms with Crippen molar-refractivity contribution < 1.29 is 4.79 Å². The van der Waals surface area contributed by atoms with Gasteiger partial charge < -0.3 is 9.88 Å². The van der Waals surface area contributed by atoms with Crippen molar-refractivity contribution in [1.82, 2.24) is 14.6 Å². The van der Waals surface area contributed by atoms with Crippen molar-refractivity contribution in [1.29, 1.82) is 0 Å². The summed E-state index contributed by atoms with van der Waals surface area (Å²) in [5.74, 6) is 0.847. The molecule has 1 amide bonds. The Morgan fingerprint density at radius 1 is 1.16 bits per heavy atom. The van der Waals surface area contributed by atoms with Crippen molar-refractivity contribution in [3.8, 4) is 0 Å². The van der Waals surface area contributed by atoms with Gasteiger partial charge in [0.1, 0.15) is 0 Å². The number of aromatic amines is 1. The van der Waals surface area contributed by atoms with Gasteiger partial charge >= 0.3 is 0 Å². The quantitative estimate of drug-likeness (QED) is 0.392.